The molecule has 0 spiro atoms. The number of carbonyl (C=O) groups excluding carboxylic acids is 1. The topological polar surface area (TPSA) is 106 Å². The van der Waals surface area contributed by atoms with Gasteiger partial charge < -0.3 is 10.0 Å². The standard InChI is InChI=1S/C28H27F3N6O3/c1-3-23(17-11-19(30)13-20(31)12-17)37-25(22-8-10-36(4-2)34-22)33-26(38)24(28(37)40)27(39)35-9-7-16(15-35)21-6-5-18(29)14-32-21/h5-6,8,10-14,16,23,40H,3-4,7,9,15H2,1-2H3. The number of carbonyl (C=O) groups is 1. The molecule has 0 aliphatic carbocycles. The van der Waals surface area contributed by atoms with Crippen LogP contribution in [0.4, 0.5) is 13.2 Å². The summed E-state index contributed by atoms with van der Waals surface area (Å²) in [4.78, 5) is 36.5. The summed E-state index contributed by atoms with van der Waals surface area (Å²) in [6, 6.07) is 6.55. The maximum absolute atomic E-state index is 14.2. The molecule has 5 rings (SSSR count). The molecule has 1 amide bonds. The van der Waals surface area contributed by atoms with Gasteiger partial charge in [-0.15, -0.1) is 0 Å². The van der Waals surface area contributed by atoms with E-state index in [2.05, 4.69) is 15.1 Å². The first-order valence-corrected chi connectivity index (χ1v) is 13.0. The van der Waals surface area contributed by atoms with Gasteiger partial charge >= 0.3 is 0 Å². The van der Waals surface area contributed by atoms with Gasteiger partial charge in [0.2, 0.25) is 5.88 Å². The number of nitrogens with zero attached hydrogens (tertiary/aromatic N) is 6. The quantitative estimate of drug-likeness (QED) is 0.367. The molecule has 0 bridgehead atoms. The molecule has 0 radical (unpaired) electrons. The average molecular weight is 553 g/mol. The Morgan fingerprint density at radius 2 is 1.85 bits per heavy atom. The van der Waals surface area contributed by atoms with Crippen molar-refractivity contribution in [3.05, 3.63) is 93.4 Å². The predicted octanol–water partition coefficient (Wildman–Crippen LogP) is 4.27. The molecular weight excluding hydrogens is 525 g/mol. The van der Waals surface area contributed by atoms with E-state index >= 15 is 0 Å². The Morgan fingerprint density at radius 1 is 1.10 bits per heavy atom. The number of hydrogen-bond donors (Lipinski definition) is 1. The molecule has 1 aromatic carbocycles. The number of rotatable bonds is 7. The lowest BCUT2D eigenvalue weighted by Crippen LogP contribution is -2.35. The van der Waals surface area contributed by atoms with E-state index in [-0.39, 0.29) is 42.5 Å². The smallest absolute Gasteiger partial charge is 0.290 e. The molecule has 1 aliphatic rings. The Kier molecular flexibility index (Phi) is 7.42. The fourth-order valence-electron chi connectivity index (χ4n) is 5.15. The van der Waals surface area contributed by atoms with Crippen LogP contribution in [-0.4, -0.2) is 53.3 Å². The van der Waals surface area contributed by atoms with Crippen LogP contribution in [0, 0.1) is 17.5 Å². The number of hydrogen-bond acceptors (Lipinski definition) is 6. The predicted molar refractivity (Wildman–Crippen MR) is 139 cm³/mol. The highest BCUT2D eigenvalue weighted by atomic mass is 19.1. The van der Waals surface area contributed by atoms with Gasteiger partial charge in [-0.05, 0) is 55.7 Å². The van der Waals surface area contributed by atoms with Crippen LogP contribution in [-0.2, 0) is 6.54 Å². The SMILES string of the molecule is CCC(c1cc(F)cc(F)c1)n1c(-c2ccn(CC)n2)nc(=O)c(C(=O)N2CCC(c3ccc(F)cn3)C2)c1O. The maximum Gasteiger partial charge on any atom is 0.290 e. The Labute approximate surface area is 227 Å². The minimum Gasteiger partial charge on any atom is -0.494 e. The summed E-state index contributed by atoms with van der Waals surface area (Å²) in [5, 5.41) is 15.9. The Morgan fingerprint density at radius 3 is 2.48 bits per heavy atom. The van der Waals surface area contributed by atoms with Gasteiger partial charge in [0.1, 0.15) is 23.1 Å². The first-order valence-electron chi connectivity index (χ1n) is 13.0. The second kappa shape index (κ2) is 10.9. The molecule has 40 heavy (non-hydrogen) atoms. The molecule has 2 unspecified atom stereocenters. The van der Waals surface area contributed by atoms with Gasteiger partial charge in [-0.2, -0.15) is 10.1 Å². The molecule has 1 saturated heterocycles. The second-order valence-corrected chi connectivity index (χ2v) is 9.63. The number of likely N-dealkylation sites (tertiary alicyclic amines) is 1. The van der Waals surface area contributed by atoms with Crippen LogP contribution >= 0.6 is 0 Å². The number of amides is 1. The molecule has 208 valence electrons. The zero-order chi connectivity index (χ0) is 28.6. The van der Waals surface area contributed by atoms with Crippen LogP contribution in [0.5, 0.6) is 5.88 Å². The molecule has 9 nitrogen and oxygen atoms in total. The Balaban J connectivity index is 1.60. The summed E-state index contributed by atoms with van der Waals surface area (Å²) in [5.74, 6) is -3.74. The highest BCUT2D eigenvalue weighted by Gasteiger charge is 2.34. The number of pyridine rings is 1. The molecule has 2 atom stereocenters. The van der Waals surface area contributed by atoms with E-state index in [0.29, 0.717) is 18.7 Å². The van der Waals surface area contributed by atoms with Gasteiger partial charge in [-0.3, -0.25) is 23.8 Å². The third kappa shape index (κ3) is 5.08. The van der Waals surface area contributed by atoms with Crippen molar-refractivity contribution >= 4 is 5.91 Å². The van der Waals surface area contributed by atoms with E-state index in [0.717, 1.165) is 24.4 Å². The number of aryl methyl sites for hydroxylation is 1. The van der Waals surface area contributed by atoms with Crippen LogP contribution in [0.25, 0.3) is 11.5 Å². The third-order valence-corrected chi connectivity index (χ3v) is 7.12. The fourth-order valence-corrected chi connectivity index (χ4v) is 5.15. The molecule has 1 aliphatic heterocycles. The summed E-state index contributed by atoms with van der Waals surface area (Å²) in [6.45, 7) is 4.60. The van der Waals surface area contributed by atoms with Crippen molar-refractivity contribution in [3.8, 4) is 17.4 Å². The molecule has 1 fully saturated rings. The first kappa shape index (κ1) is 27.1. The normalized spacial score (nSPS) is 15.9. The first-order chi connectivity index (χ1) is 19.2. The van der Waals surface area contributed by atoms with E-state index in [9.17, 15) is 27.9 Å². The summed E-state index contributed by atoms with van der Waals surface area (Å²) >= 11 is 0. The van der Waals surface area contributed by atoms with E-state index in [1.807, 2.05) is 6.92 Å². The van der Waals surface area contributed by atoms with Gasteiger partial charge in [0, 0.05) is 43.5 Å². The minimum absolute atomic E-state index is 0.0439. The van der Waals surface area contributed by atoms with Gasteiger partial charge in [0.05, 0.1) is 12.2 Å². The highest BCUT2D eigenvalue weighted by Crippen LogP contribution is 2.34. The highest BCUT2D eigenvalue weighted by molar-refractivity contribution is 5.96. The van der Waals surface area contributed by atoms with E-state index in [1.165, 1.54) is 15.5 Å². The fraction of sp³-hybridized carbons (Fsp3) is 0.321. The Bertz CT molecular complexity index is 1600. The van der Waals surface area contributed by atoms with Gasteiger partial charge in [-0.25, -0.2) is 13.2 Å². The number of halogens is 3. The van der Waals surface area contributed by atoms with Crippen molar-refractivity contribution in [1.82, 2.24) is 29.2 Å². The zero-order valence-corrected chi connectivity index (χ0v) is 21.9. The van der Waals surface area contributed by atoms with Crippen LogP contribution in [0.3, 0.4) is 0 Å². The summed E-state index contributed by atoms with van der Waals surface area (Å²) in [5.41, 5.74) is -0.478. The van der Waals surface area contributed by atoms with Crippen LogP contribution in [0.1, 0.15) is 60.3 Å². The monoisotopic (exact) mass is 552 g/mol. The third-order valence-electron chi connectivity index (χ3n) is 7.12. The molecule has 1 N–H and O–H groups in total. The Hall–Kier alpha value is -4.48. The lowest BCUT2D eigenvalue weighted by molar-refractivity contribution is 0.0783. The van der Waals surface area contributed by atoms with Crippen molar-refractivity contribution in [2.24, 2.45) is 0 Å². The molecule has 3 aromatic heterocycles. The largest absolute Gasteiger partial charge is 0.494 e. The van der Waals surface area contributed by atoms with Crippen molar-refractivity contribution in [3.63, 3.8) is 0 Å². The van der Waals surface area contributed by atoms with Gasteiger partial charge in [-0.1, -0.05) is 6.92 Å². The summed E-state index contributed by atoms with van der Waals surface area (Å²) < 4.78 is 44.6. The molecule has 4 heterocycles. The van der Waals surface area contributed by atoms with E-state index < -0.39 is 46.4 Å². The van der Waals surface area contributed by atoms with Crippen LogP contribution in [0.2, 0.25) is 0 Å². The average Bonchev–Trinajstić information content (AvgIpc) is 3.60. The molecular formula is C28H27F3N6O3. The number of benzene rings is 1. The molecule has 4 aromatic rings. The second-order valence-electron chi connectivity index (χ2n) is 9.63. The van der Waals surface area contributed by atoms with Crippen molar-refractivity contribution in [1.29, 1.82) is 0 Å². The van der Waals surface area contributed by atoms with Crippen molar-refractivity contribution in [2.75, 3.05) is 13.1 Å². The maximum atomic E-state index is 14.2. The lowest BCUT2D eigenvalue weighted by atomic mass is 10.0. The zero-order valence-electron chi connectivity index (χ0n) is 21.9. The van der Waals surface area contributed by atoms with Crippen LogP contribution < -0.4 is 5.56 Å². The van der Waals surface area contributed by atoms with Gasteiger partial charge in [0.15, 0.2) is 11.4 Å². The van der Waals surface area contributed by atoms with E-state index in [4.69, 9.17) is 0 Å². The lowest BCUT2D eigenvalue weighted by Gasteiger charge is -2.25. The number of aromatic nitrogens is 5. The van der Waals surface area contributed by atoms with Crippen molar-refractivity contribution in [2.45, 2.75) is 45.2 Å². The van der Waals surface area contributed by atoms with E-state index in [1.54, 1.807) is 29.9 Å². The molecule has 12 heteroatoms. The van der Waals surface area contributed by atoms with Crippen LogP contribution in [0.15, 0.2) is 53.6 Å². The summed E-state index contributed by atoms with van der Waals surface area (Å²) in [6.07, 6.45) is 3.53. The summed E-state index contributed by atoms with van der Waals surface area (Å²) in [7, 11) is 0. The number of aromatic hydroxyl groups is 1. The molecule has 0 saturated carbocycles. The van der Waals surface area contributed by atoms with Gasteiger partial charge in [0.25, 0.3) is 11.5 Å². The minimum atomic E-state index is -0.955. The van der Waals surface area contributed by atoms with Crippen molar-refractivity contribution < 1.29 is 23.1 Å².